The molecule has 6 nitrogen and oxygen atoms in total. The van der Waals surface area contributed by atoms with E-state index in [9.17, 15) is 9.18 Å². The van der Waals surface area contributed by atoms with Crippen LogP contribution in [0.25, 0.3) is 6.08 Å². The zero-order chi connectivity index (χ0) is 25.8. The van der Waals surface area contributed by atoms with E-state index in [2.05, 4.69) is 14.7 Å². The number of aromatic nitrogens is 1. The van der Waals surface area contributed by atoms with Crippen molar-refractivity contribution in [1.29, 1.82) is 0 Å². The minimum atomic E-state index is -0.522. The third-order valence-corrected chi connectivity index (χ3v) is 7.87. The van der Waals surface area contributed by atoms with Gasteiger partial charge in [0.05, 0.1) is 24.9 Å². The van der Waals surface area contributed by atoms with Crippen molar-refractivity contribution < 1.29 is 13.9 Å². The summed E-state index contributed by atoms with van der Waals surface area (Å²) in [6.07, 6.45) is 5.78. The molecule has 1 aromatic carbocycles. The molecule has 0 N–H and O–H groups in total. The summed E-state index contributed by atoms with van der Waals surface area (Å²) in [5.41, 5.74) is 1.92. The number of pyridine rings is 1. The molecule has 2 aromatic rings. The topological polar surface area (TPSA) is 48.9 Å². The molecule has 37 heavy (non-hydrogen) atoms. The second-order valence-electron chi connectivity index (χ2n) is 11.2. The lowest BCUT2D eigenvalue weighted by atomic mass is 9.74. The zero-order valence-corrected chi connectivity index (χ0v) is 22.2. The SMILES string of the molecule is CC1(C)CN(CCN2CCCCC2)C(c2ccc(F)cc2)/C(=C/c2cccc(N3CCOCC3)n2)C1=O. The second-order valence-corrected chi connectivity index (χ2v) is 11.2. The van der Waals surface area contributed by atoms with Crippen LogP contribution in [0.4, 0.5) is 10.2 Å². The van der Waals surface area contributed by atoms with Gasteiger partial charge in [-0.25, -0.2) is 9.37 Å². The van der Waals surface area contributed by atoms with E-state index in [0.717, 1.165) is 61.9 Å². The third-order valence-electron chi connectivity index (χ3n) is 7.87. The number of hydrogen-bond donors (Lipinski definition) is 0. The average molecular weight is 507 g/mol. The molecule has 3 aliphatic rings. The van der Waals surface area contributed by atoms with Crippen molar-refractivity contribution in [1.82, 2.24) is 14.8 Å². The molecule has 0 bridgehead atoms. The number of nitrogens with zero attached hydrogens (tertiary/aromatic N) is 4. The number of ketones is 1. The Balaban J connectivity index is 1.50. The molecule has 1 unspecified atom stereocenters. The van der Waals surface area contributed by atoms with Crippen molar-refractivity contribution in [3.05, 3.63) is 65.1 Å². The Kier molecular flexibility index (Phi) is 8.03. The number of likely N-dealkylation sites (tertiary alicyclic amines) is 2. The molecule has 4 heterocycles. The monoisotopic (exact) mass is 506 g/mol. The summed E-state index contributed by atoms with van der Waals surface area (Å²) < 4.78 is 19.4. The van der Waals surface area contributed by atoms with Crippen LogP contribution in [0, 0.1) is 11.2 Å². The molecule has 0 radical (unpaired) electrons. The molecule has 198 valence electrons. The lowest BCUT2D eigenvalue weighted by molar-refractivity contribution is -0.128. The molecular formula is C30H39FN4O2. The molecule has 3 aliphatic heterocycles. The number of carbonyl (C=O) groups excluding carboxylic acids is 1. The quantitative estimate of drug-likeness (QED) is 0.535. The lowest BCUT2D eigenvalue weighted by Crippen LogP contribution is -2.51. The second kappa shape index (κ2) is 11.4. The number of benzene rings is 1. The number of morpholine rings is 1. The minimum Gasteiger partial charge on any atom is -0.378 e. The van der Waals surface area contributed by atoms with E-state index < -0.39 is 5.41 Å². The van der Waals surface area contributed by atoms with Crippen LogP contribution >= 0.6 is 0 Å². The minimum absolute atomic E-state index is 0.134. The maximum absolute atomic E-state index is 13.9. The van der Waals surface area contributed by atoms with E-state index in [1.165, 1.54) is 31.4 Å². The third kappa shape index (κ3) is 6.11. The predicted molar refractivity (Wildman–Crippen MR) is 145 cm³/mol. The van der Waals surface area contributed by atoms with Crippen LogP contribution in [0.3, 0.4) is 0 Å². The molecule has 0 saturated carbocycles. The van der Waals surface area contributed by atoms with E-state index in [4.69, 9.17) is 9.72 Å². The molecule has 5 rings (SSSR count). The fourth-order valence-electron chi connectivity index (χ4n) is 5.87. The highest BCUT2D eigenvalue weighted by atomic mass is 19.1. The predicted octanol–water partition coefficient (Wildman–Crippen LogP) is 4.58. The number of hydrogen-bond acceptors (Lipinski definition) is 6. The van der Waals surface area contributed by atoms with Crippen LogP contribution in [-0.2, 0) is 9.53 Å². The van der Waals surface area contributed by atoms with Gasteiger partial charge in [-0.15, -0.1) is 0 Å². The van der Waals surface area contributed by atoms with Crippen LogP contribution in [0.15, 0.2) is 48.0 Å². The molecule has 7 heteroatoms. The Morgan fingerprint density at radius 3 is 2.46 bits per heavy atom. The van der Waals surface area contributed by atoms with Crippen molar-refractivity contribution >= 4 is 17.7 Å². The largest absolute Gasteiger partial charge is 0.378 e. The maximum atomic E-state index is 13.9. The van der Waals surface area contributed by atoms with Crippen molar-refractivity contribution in [3.63, 3.8) is 0 Å². The highest BCUT2D eigenvalue weighted by Gasteiger charge is 2.44. The zero-order valence-electron chi connectivity index (χ0n) is 22.2. The highest BCUT2D eigenvalue weighted by molar-refractivity contribution is 6.05. The Morgan fingerprint density at radius 1 is 1.00 bits per heavy atom. The van der Waals surface area contributed by atoms with Gasteiger partial charge in [-0.1, -0.05) is 38.5 Å². The summed E-state index contributed by atoms with van der Waals surface area (Å²) >= 11 is 0. The first kappa shape index (κ1) is 26.0. The van der Waals surface area contributed by atoms with Gasteiger partial charge in [-0.05, 0) is 61.8 Å². The van der Waals surface area contributed by atoms with E-state index in [1.54, 1.807) is 0 Å². The standard InChI is InChI=1S/C30H39FN4O2/c1-30(2)22-35(16-15-33-13-4-3-5-14-33)28(23-9-11-24(31)12-10-23)26(29(30)36)21-25-7-6-8-27(32-25)34-17-19-37-20-18-34/h6-12,21,28H,3-5,13-20,22H2,1-2H3/b26-21-. The number of carbonyl (C=O) groups is 1. The summed E-state index contributed by atoms with van der Waals surface area (Å²) in [7, 11) is 0. The molecule has 3 saturated heterocycles. The van der Waals surface area contributed by atoms with Gasteiger partial charge in [-0.3, -0.25) is 9.69 Å². The van der Waals surface area contributed by atoms with E-state index >= 15 is 0 Å². The van der Waals surface area contributed by atoms with E-state index in [-0.39, 0.29) is 17.6 Å². The van der Waals surface area contributed by atoms with Gasteiger partial charge >= 0.3 is 0 Å². The molecular weight excluding hydrogens is 467 g/mol. The van der Waals surface area contributed by atoms with Crippen molar-refractivity contribution in [2.75, 3.05) is 63.9 Å². The Labute approximate surface area is 220 Å². The van der Waals surface area contributed by atoms with E-state index in [0.29, 0.717) is 19.8 Å². The van der Waals surface area contributed by atoms with Crippen LogP contribution in [0.5, 0.6) is 0 Å². The molecule has 1 atom stereocenters. The van der Waals surface area contributed by atoms with E-state index in [1.807, 2.05) is 50.3 Å². The van der Waals surface area contributed by atoms with Crippen molar-refractivity contribution in [2.24, 2.45) is 5.41 Å². The van der Waals surface area contributed by atoms with Gasteiger partial charge in [0, 0.05) is 43.7 Å². The summed E-state index contributed by atoms with van der Waals surface area (Å²) in [5.74, 6) is 0.770. The normalized spacial score (nSPS) is 24.5. The Hall–Kier alpha value is -2.61. The summed E-state index contributed by atoms with van der Waals surface area (Å²) in [6, 6.07) is 12.4. The van der Waals surface area contributed by atoms with Gasteiger partial charge in [-0.2, -0.15) is 0 Å². The summed E-state index contributed by atoms with van der Waals surface area (Å²) in [4.78, 5) is 26.0. The van der Waals surface area contributed by atoms with Gasteiger partial charge in [0.2, 0.25) is 0 Å². The first-order chi connectivity index (χ1) is 17.9. The van der Waals surface area contributed by atoms with Crippen molar-refractivity contribution in [2.45, 2.75) is 39.2 Å². The number of ether oxygens (including phenoxy) is 1. The van der Waals surface area contributed by atoms with Crippen LogP contribution in [0.2, 0.25) is 0 Å². The molecule has 3 fully saturated rings. The number of halogens is 1. The lowest BCUT2D eigenvalue weighted by Gasteiger charge is -2.45. The summed E-state index contributed by atoms with van der Waals surface area (Å²) in [6.45, 7) is 11.8. The van der Waals surface area contributed by atoms with Crippen LogP contribution in [-0.4, -0.2) is 79.6 Å². The maximum Gasteiger partial charge on any atom is 0.167 e. The van der Waals surface area contributed by atoms with Crippen LogP contribution in [0.1, 0.15) is 50.4 Å². The number of rotatable bonds is 6. The smallest absolute Gasteiger partial charge is 0.167 e. The number of piperidine rings is 2. The molecule has 0 aliphatic carbocycles. The van der Waals surface area contributed by atoms with Crippen molar-refractivity contribution in [3.8, 4) is 0 Å². The van der Waals surface area contributed by atoms with Gasteiger partial charge in [0.25, 0.3) is 0 Å². The average Bonchev–Trinajstić information content (AvgIpc) is 2.92. The Bertz CT molecular complexity index is 1100. The molecule has 0 spiro atoms. The fourth-order valence-corrected chi connectivity index (χ4v) is 5.87. The Morgan fingerprint density at radius 2 is 1.73 bits per heavy atom. The first-order valence-electron chi connectivity index (χ1n) is 13.7. The highest BCUT2D eigenvalue weighted by Crippen LogP contribution is 2.41. The molecule has 1 aromatic heterocycles. The summed E-state index contributed by atoms with van der Waals surface area (Å²) in [5, 5.41) is 0. The van der Waals surface area contributed by atoms with Gasteiger partial charge < -0.3 is 14.5 Å². The van der Waals surface area contributed by atoms with Gasteiger partial charge in [0.15, 0.2) is 5.78 Å². The van der Waals surface area contributed by atoms with Gasteiger partial charge in [0.1, 0.15) is 11.6 Å². The fraction of sp³-hybridized carbons (Fsp3) is 0.533. The first-order valence-corrected chi connectivity index (χ1v) is 13.7. The number of Topliss-reactive ketones (excluding diaryl/α,β-unsaturated/α-hetero) is 1. The van der Waals surface area contributed by atoms with Crippen LogP contribution < -0.4 is 4.90 Å². The number of anilines is 1. The molecule has 0 amide bonds.